The van der Waals surface area contributed by atoms with E-state index in [1.807, 2.05) is 10.7 Å². The minimum Gasteiger partial charge on any atom is -0.240 e. The highest BCUT2D eigenvalue weighted by Crippen LogP contribution is 2.23. The first kappa shape index (κ1) is 10.2. The Hall–Kier alpha value is -1.31. The molecule has 0 aliphatic rings. The smallest absolute Gasteiger partial charge is 0.0681 e. The van der Waals surface area contributed by atoms with E-state index in [-0.39, 0.29) is 0 Å². The van der Waals surface area contributed by atoms with Gasteiger partial charge >= 0.3 is 0 Å². The highest BCUT2D eigenvalue weighted by molar-refractivity contribution is 5.56. The van der Waals surface area contributed by atoms with Gasteiger partial charge in [0, 0.05) is 6.20 Å². The summed E-state index contributed by atoms with van der Waals surface area (Å²) in [6.45, 7) is 8.82. The number of hydrogen-bond acceptors (Lipinski definition) is 1. The molecule has 2 nitrogen and oxygen atoms in total. The van der Waals surface area contributed by atoms with Crippen molar-refractivity contribution < 1.29 is 0 Å². The Balaban J connectivity index is 2.69. The largest absolute Gasteiger partial charge is 0.240 e. The van der Waals surface area contributed by atoms with E-state index in [2.05, 4.69) is 51.0 Å². The SMILES string of the molecule is CC(C)c1cc(C(C)C)c2cccn2n1. The average molecular weight is 202 g/mol. The third-order valence-corrected chi connectivity index (χ3v) is 2.76. The molecule has 2 aromatic rings. The van der Waals surface area contributed by atoms with Gasteiger partial charge in [-0.3, -0.25) is 0 Å². The van der Waals surface area contributed by atoms with Gasteiger partial charge in [-0.05, 0) is 35.6 Å². The van der Waals surface area contributed by atoms with Crippen LogP contribution in [0, 0.1) is 0 Å². The summed E-state index contributed by atoms with van der Waals surface area (Å²) in [5.41, 5.74) is 3.79. The molecule has 15 heavy (non-hydrogen) atoms. The van der Waals surface area contributed by atoms with Gasteiger partial charge in [0.1, 0.15) is 0 Å². The molecule has 0 bridgehead atoms. The molecule has 0 spiro atoms. The minimum atomic E-state index is 0.481. The van der Waals surface area contributed by atoms with Crippen LogP contribution in [0.5, 0.6) is 0 Å². The zero-order valence-corrected chi connectivity index (χ0v) is 9.86. The predicted molar refractivity (Wildman–Crippen MR) is 63.4 cm³/mol. The lowest BCUT2D eigenvalue weighted by Gasteiger charge is -2.12. The van der Waals surface area contributed by atoms with Crippen molar-refractivity contribution in [3.8, 4) is 0 Å². The highest BCUT2D eigenvalue weighted by Gasteiger charge is 2.10. The van der Waals surface area contributed by atoms with E-state index < -0.39 is 0 Å². The third-order valence-electron chi connectivity index (χ3n) is 2.76. The van der Waals surface area contributed by atoms with Gasteiger partial charge in [-0.15, -0.1) is 0 Å². The Morgan fingerprint density at radius 1 is 1.13 bits per heavy atom. The van der Waals surface area contributed by atoms with Crippen LogP contribution < -0.4 is 0 Å². The monoisotopic (exact) mass is 202 g/mol. The molecule has 2 aromatic heterocycles. The van der Waals surface area contributed by atoms with Crippen LogP contribution in [0.4, 0.5) is 0 Å². The Labute approximate surface area is 90.9 Å². The second-order valence-corrected chi connectivity index (χ2v) is 4.67. The third kappa shape index (κ3) is 1.76. The fraction of sp³-hybridized carbons (Fsp3) is 0.462. The van der Waals surface area contributed by atoms with Gasteiger partial charge in [-0.1, -0.05) is 27.7 Å². The average Bonchev–Trinajstić information content (AvgIpc) is 2.62. The van der Waals surface area contributed by atoms with Gasteiger partial charge in [-0.2, -0.15) is 5.10 Å². The standard InChI is InChI=1S/C13H18N2/c1-9(2)11-8-12(10(3)4)14-15-7-5-6-13(11)15/h5-10H,1-4H3. The van der Waals surface area contributed by atoms with Crippen molar-refractivity contribution in [3.05, 3.63) is 35.7 Å². The number of aromatic nitrogens is 2. The lowest BCUT2D eigenvalue weighted by molar-refractivity contribution is 0.746. The molecular formula is C13H18N2. The maximum absolute atomic E-state index is 4.59. The fourth-order valence-corrected chi connectivity index (χ4v) is 1.82. The molecular weight excluding hydrogens is 184 g/mol. The van der Waals surface area contributed by atoms with E-state index in [1.54, 1.807) is 0 Å². The molecule has 0 aliphatic carbocycles. The van der Waals surface area contributed by atoms with Crippen molar-refractivity contribution in [2.24, 2.45) is 0 Å². The molecule has 0 amide bonds. The van der Waals surface area contributed by atoms with Crippen LogP contribution >= 0.6 is 0 Å². The van der Waals surface area contributed by atoms with Gasteiger partial charge in [0.05, 0.1) is 11.2 Å². The molecule has 0 atom stereocenters. The van der Waals surface area contributed by atoms with Gasteiger partial charge in [0.25, 0.3) is 0 Å². The van der Waals surface area contributed by atoms with Gasteiger partial charge in [-0.25, -0.2) is 4.52 Å². The van der Waals surface area contributed by atoms with E-state index in [0.717, 1.165) is 0 Å². The maximum atomic E-state index is 4.59. The van der Waals surface area contributed by atoms with Crippen molar-refractivity contribution in [1.29, 1.82) is 0 Å². The summed E-state index contributed by atoms with van der Waals surface area (Å²) in [6.07, 6.45) is 2.02. The zero-order valence-electron chi connectivity index (χ0n) is 9.86. The summed E-state index contributed by atoms with van der Waals surface area (Å²) in [5.74, 6) is 1.03. The number of rotatable bonds is 2. The second kappa shape index (κ2) is 3.69. The first-order chi connectivity index (χ1) is 7.09. The summed E-state index contributed by atoms with van der Waals surface area (Å²) < 4.78 is 1.99. The molecule has 0 aromatic carbocycles. The van der Waals surface area contributed by atoms with Crippen LogP contribution in [0.3, 0.4) is 0 Å². The molecule has 2 heterocycles. The fourth-order valence-electron chi connectivity index (χ4n) is 1.82. The summed E-state index contributed by atoms with van der Waals surface area (Å²) in [7, 11) is 0. The van der Waals surface area contributed by atoms with Gasteiger partial charge < -0.3 is 0 Å². The molecule has 0 radical (unpaired) electrons. The Morgan fingerprint density at radius 3 is 2.47 bits per heavy atom. The zero-order chi connectivity index (χ0) is 11.0. The molecule has 0 unspecified atom stereocenters. The Morgan fingerprint density at radius 2 is 1.87 bits per heavy atom. The van der Waals surface area contributed by atoms with Crippen molar-refractivity contribution in [2.45, 2.75) is 39.5 Å². The lowest BCUT2D eigenvalue weighted by Crippen LogP contribution is -2.03. The van der Waals surface area contributed by atoms with Crippen LogP contribution in [0.25, 0.3) is 5.52 Å². The lowest BCUT2D eigenvalue weighted by atomic mass is 10.0. The van der Waals surface area contributed by atoms with Crippen molar-refractivity contribution >= 4 is 5.52 Å². The van der Waals surface area contributed by atoms with Crippen LogP contribution in [-0.4, -0.2) is 9.61 Å². The number of nitrogens with zero attached hydrogens (tertiary/aromatic N) is 2. The van der Waals surface area contributed by atoms with E-state index in [1.165, 1.54) is 16.8 Å². The molecule has 0 N–H and O–H groups in total. The number of hydrogen-bond donors (Lipinski definition) is 0. The molecule has 0 saturated carbocycles. The van der Waals surface area contributed by atoms with Crippen molar-refractivity contribution in [1.82, 2.24) is 9.61 Å². The van der Waals surface area contributed by atoms with Gasteiger partial charge in [0.15, 0.2) is 0 Å². The number of fused-ring (bicyclic) bond motifs is 1. The van der Waals surface area contributed by atoms with Gasteiger partial charge in [0.2, 0.25) is 0 Å². The second-order valence-electron chi connectivity index (χ2n) is 4.67. The molecule has 80 valence electrons. The Bertz CT molecular complexity index is 466. The van der Waals surface area contributed by atoms with E-state index in [9.17, 15) is 0 Å². The summed E-state index contributed by atoms with van der Waals surface area (Å²) in [4.78, 5) is 0. The quantitative estimate of drug-likeness (QED) is 0.727. The van der Waals surface area contributed by atoms with Crippen LogP contribution in [0.2, 0.25) is 0 Å². The first-order valence-electron chi connectivity index (χ1n) is 5.57. The molecule has 0 saturated heterocycles. The van der Waals surface area contributed by atoms with Crippen molar-refractivity contribution in [3.63, 3.8) is 0 Å². The normalized spacial score (nSPS) is 11.9. The molecule has 0 aliphatic heterocycles. The maximum Gasteiger partial charge on any atom is 0.0681 e. The predicted octanol–water partition coefficient (Wildman–Crippen LogP) is 3.58. The molecule has 0 fully saturated rings. The van der Waals surface area contributed by atoms with E-state index >= 15 is 0 Å². The molecule has 2 heteroatoms. The summed E-state index contributed by atoms with van der Waals surface area (Å²) in [5, 5.41) is 4.59. The molecule has 2 rings (SSSR count). The summed E-state index contributed by atoms with van der Waals surface area (Å²) in [6, 6.07) is 6.43. The highest BCUT2D eigenvalue weighted by atomic mass is 15.2. The van der Waals surface area contributed by atoms with Crippen LogP contribution in [-0.2, 0) is 0 Å². The van der Waals surface area contributed by atoms with E-state index in [0.29, 0.717) is 11.8 Å². The van der Waals surface area contributed by atoms with Crippen LogP contribution in [0.15, 0.2) is 24.4 Å². The Kier molecular flexibility index (Phi) is 2.51. The summed E-state index contributed by atoms with van der Waals surface area (Å²) >= 11 is 0. The van der Waals surface area contributed by atoms with E-state index in [4.69, 9.17) is 0 Å². The van der Waals surface area contributed by atoms with Crippen molar-refractivity contribution in [2.75, 3.05) is 0 Å². The first-order valence-corrected chi connectivity index (χ1v) is 5.57. The topological polar surface area (TPSA) is 17.3 Å². The van der Waals surface area contributed by atoms with Crippen LogP contribution in [0.1, 0.15) is 50.8 Å². The minimum absolute atomic E-state index is 0.481.